The van der Waals surface area contributed by atoms with Crippen molar-refractivity contribution in [1.29, 1.82) is 0 Å². The molecule has 1 aromatic rings. The zero-order valence-corrected chi connectivity index (χ0v) is 12.8. The van der Waals surface area contributed by atoms with E-state index < -0.39 is 5.97 Å². The molecule has 0 aliphatic carbocycles. The van der Waals surface area contributed by atoms with Crippen molar-refractivity contribution in [2.75, 3.05) is 19.6 Å². The second kappa shape index (κ2) is 6.36. The monoisotopic (exact) mass is 317 g/mol. The largest absolute Gasteiger partial charge is 0.477 e. The predicted octanol–water partition coefficient (Wildman–Crippen LogP) is 1.01. The van der Waals surface area contributed by atoms with Crippen LogP contribution >= 0.6 is 0 Å². The van der Waals surface area contributed by atoms with Crippen LogP contribution in [0.3, 0.4) is 0 Å². The number of pyridine rings is 1. The maximum absolute atomic E-state index is 12.5. The molecule has 0 atom stereocenters. The summed E-state index contributed by atoms with van der Waals surface area (Å²) in [6.07, 6.45) is 4.44. The first-order valence-electron chi connectivity index (χ1n) is 7.84. The summed E-state index contributed by atoms with van der Waals surface area (Å²) in [7, 11) is 0. The molecule has 3 heterocycles. The number of carbonyl (C=O) groups is 3. The molecule has 7 nitrogen and oxygen atoms in total. The van der Waals surface area contributed by atoms with Crippen LogP contribution in [0.25, 0.3) is 0 Å². The summed E-state index contributed by atoms with van der Waals surface area (Å²) in [5.41, 5.74) is 0.210. The number of rotatable bonds is 3. The third kappa shape index (κ3) is 3.18. The SMILES string of the molecule is O=C(O)c1cc(C(=O)N2CCC(N3CCCC3=O)CC2)ccn1. The van der Waals surface area contributed by atoms with Crippen molar-refractivity contribution in [2.45, 2.75) is 31.7 Å². The summed E-state index contributed by atoms with van der Waals surface area (Å²) in [4.78, 5) is 42.6. The molecule has 0 bridgehead atoms. The molecule has 7 heteroatoms. The second-order valence-corrected chi connectivity index (χ2v) is 5.95. The highest BCUT2D eigenvalue weighted by Crippen LogP contribution is 2.23. The Hall–Kier alpha value is -2.44. The number of carbonyl (C=O) groups excluding carboxylic acids is 2. The van der Waals surface area contributed by atoms with Crippen molar-refractivity contribution in [3.63, 3.8) is 0 Å². The van der Waals surface area contributed by atoms with E-state index in [1.807, 2.05) is 4.90 Å². The Bertz CT molecular complexity index is 638. The van der Waals surface area contributed by atoms with Crippen molar-refractivity contribution < 1.29 is 19.5 Å². The normalized spacial score (nSPS) is 19.2. The Morgan fingerprint density at radius 1 is 1.22 bits per heavy atom. The number of carboxylic acid groups (broad SMARTS) is 1. The van der Waals surface area contributed by atoms with Gasteiger partial charge in [0.2, 0.25) is 5.91 Å². The van der Waals surface area contributed by atoms with Crippen LogP contribution < -0.4 is 0 Å². The second-order valence-electron chi connectivity index (χ2n) is 5.95. The molecule has 2 saturated heterocycles. The summed E-state index contributed by atoms with van der Waals surface area (Å²) in [5.74, 6) is -1.11. The van der Waals surface area contributed by atoms with E-state index in [1.54, 1.807) is 4.90 Å². The summed E-state index contributed by atoms with van der Waals surface area (Å²) in [6.45, 7) is 1.99. The van der Waals surface area contributed by atoms with Gasteiger partial charge in [-0.1, -0.05) is 0 Å². The number of amides is 2. The van der Waals surface area contributed by atoms with Crippen molar-refractivity contribution in [3.8, 4) is 0 Å². The van der Waals surface area contributed by atoms with Gasteiger partial charge < -0.3 is 14.9 Å². The lowest BCUT2D eigenvalue weighted by Crippen LogP contribution is -2.47. The van der Waals surface area contributed by atoms with Gasteiger partial charge in [-0.3, -0.25) is 9.59 Å². The van der Waals surface area contributed by atoms with Gasteiger partial charge in [0.25, 0.3) is 5.91 Å². The Kier molecular flexibility index (Phi) is 4.27. The van der Waals surface area contributed by atoms with E-state index >= 15 is 0 Å². The van der Waals surface area contributed by atoms with Gasteiger partial charge in [0.05, 0.1) is 0 Å². The average molecular weight is 317 g/mol. The molecule has 2 aliphatic heterocycles. The van der Waals surface area contributed by atoms with Crippen LogP contribution in [-0.2, 0) is 4.79 Å². The lowest BCUT2D eigenvalue weighted by atomic mass is 10.0. The van der Waals surface area contributed by atoms with Gasteiger partial charge in [-0.2, -0.15) is 0 Å². The molecular formula is C16H19N3O4. The minimum Gasteiger partial charge on any atom is -0.477 e. The van der Waals surface area contributed by atoms with E-state index in [1.165, 1.54) is 18.3 Å². The van der Waals surface area contributed by atoms with E-state index in [0.29, 0.717) is 25.1 Å². The van der Waals surface area contributed by atoms with Crippen molar-refractivity contribution in [3.05, 3.63) is 29.6 Å². The lowest BCUT2D eigenvalue weighted by Gasteiger charge is -2.36. The topological polar surface area (TPSA) is 90.8 Å². The standard InChI is InChI=1S/C16H19N3O4/c20-14-2-1-7-19(14)12-4-8-18(9-5-12)15(21)11-3-6-17-13(10-11)16(22)23/h3,6,10,12H,1-2,4-5,7-9H2,(H,22,23). The summed E-state index contributed by atoms with van der Waals surface area (Å²) >= 11 is 0. The van der Waals surface area contributed by atoms with Gasteiger partial charge in [-0.25, -0.2) is 9.78 Å². The maximum atomic E-state index is 12.5. The Labute approximate surface area is 133 Å². The van der Waals surface area contributed by atoms with Crippen LogP contribution in [0.2, 0.25) is 0 Å². The van der Waals surface area contributed by atoms with Crippen LogP contribution in [0, 0.1) is 0 Å². The minimum atomic E-state index is -1.15. The fourth-order valence-corrected chi connectivity index (χ4v) is 3.30. The molecule has 0 saturated carbocycles. The number of aromatic carboxylic acids is 1. The fourth-order valence-electron chi connectivity index (χ4n) is 3.30. The molecule has 122 valence electrons. The molecule has 2 fully saturated rings. The van der Waals surface area contributed by atoms with Crippen molar-refractivity contribution in [2.24, 2.45) is 0 Å². The Morgan fingerprint density at radius 3 is 2.57 bits per heavy atom. The quantitative estimate of drug-likeness (QED) is 0.898. The maximum Gasteiger partial charge on any atom is 0.354 e. The number of hydrogen-bond acceptors (Lipinski definition) is 4. The van der Waals surface area contributed by atoms with Crippen molar-refractivity contribution >= 4 is 17.8 Å². The smallest absolute Gasteiger partial charge is 0.354 e. The molecule has 2 amide bonds. The first-order chi connectivity index (χ1) is 11.1. The van der Waals surface area contributed by atoms with Gasteiger partial charge in [-0.05, 0) is 31.4 Å². The molecule has 2 aliphatic rings. The van der Waals surface area contributed by atoms with Crippen LogP contribution in [-0.4, -0.2) is 63.4 Å². The van der Waals surface area contributed by atoms with E-state index in [2.05, 4.69) is 4.98 Å². The number of likely N-dealkylation sites (tertiary alicyclic amines) is 2. The van der Waals surface area contributed by atoms with Crippen LogP contribution in [0.15, 0.2) is 18.3 Å². The van der Waals surface area contributed by atoms with Gasteiger partial charge in [-0.15, -0.1) is 0 Å². The predicted molar refractivity (Wildman–Crippen MR) is 81.1 cm³/mol. The molecule has 0 radical (unpaired) electrons. The highest BCUT2D eigenvalue weighted by Gasteiger charge is 2.32. The average Bonchev–Trinajstić information content (AvgIpc) is 3.00. The molecule has 1 N–H and O–H groups in total. The Balaban J connectivity index is 1.63. The number of hydrogen-bond donors (Lipinski definition) is 1. The number of aromatic nitrogens is 1. The van der Waals surface area contributed by atoms with E-state index in [9.17, 15) is 14.4 Å². The van der Waals surface area contributed by atoms with Gasteiger partial charge >= 0.3 is 5.97 Å². The molecule has 3 rings (SSSR count). The number of piperidine rings is 1. The molecule has 23 heavy (non-hydrogen) atoms. The third-order valence-corrected chi connectivity index (χ3v) is 4.53. The summed E-state index contributed by atoms with van der Waals surface area (Å²) in [5, 5.41) is 8.96. The summed E-state index contributed by atoms with van der Waals surface area (Å²) in [6, 6.07) is 3.06. The van der Waals surface area contributed by atoms with Crippen LogP contribution in [0.1, 0.15) is 46.5 Å². The Morgan fingerprint density at radius 2 is 1.96 bits per heavy atom. The number of carboxylic acids is 1. The minimum absolute atomic E-state index is 0.131. The third-order valence-electron chi connectivity index (χ3n) is 4.53. The molecule has 0 spiro atoms. The van der Waals surface area contributed by atoms with E-state index in [0.717, 1.165) is 25.8 Å². The zero-order valence-electron chi connectivity index (χ0n) is 12.8. The highest BCUT2D eigenvalue weighted by atomic mass is 16.4. The van der Waals surface area contributed by atoms with Gasteiger partial charge in [0.15, 0.2) is 0 Å². The van der Waals surface area contributed by atoms with Crippen molar-refractivity contribution in [1.82, 2.24) is 14.8 Å². The first-order valence-corrected chi connectivity index (χ1v) is 7.84. The molecule has 0 aromatic carbocycles. The van der Waals surface area contributed by atoms with E-state index in [4.69, 9.17) is 5.11 Å². The lowest BCUT2D eigenvalue weighted by molar-refractivity contribution is -0.130. The van der Waals surface area contributed by atoms with Crippen LogP contribution in [0.4, 0.5) is 0 Å². The molecule has 0 unspecified atom stereocenters. The fraction of sp³-hybridized carbons (Fsp3) is 0.500. The van der Waals surface area contributed by atoms with Gasteiger partial charge in [0.1, 0.15) is 5.69 Å². The molecular weight excluding hydrogens is 298 g/mol. The molecule has 1 aromatic heterocycles. The van der Waals surface area contributed by atoms with Crippen LogP contribution in [0.5, 0.6) is 0 Å². The van der Waals surface area contributed by atoms with E-state index in [-0.39, 0.29) is 23.6 Å². The zero-order chi connectivity index (χ0) is 16.4. The summed E-state index contributed by atoms with van der Waals surface area (Å²) < 4.78 is 0. The highest BCUT2D eigenvalue weighted by molar-refractivity contribution is 5.96. The number of nitrogens with zero attached hydrogens (tertiary/aromatic N) is 3. The first kappa shape index (κ1) is 15.5. The van der Waals surface area contributed by atoms with Gasteiger partial charge in [0, 0.05) is 43.9 Å².